The van der Waals surface area contributed by atoms with E-state index in [0.29, 0.717) is 36.1 Å². The minimum Gasteiger partial charge on any atom is -0.443 e. The minimum absolute atomic E-state index is 0.110. The smallest absolute Gasteiger partial charge is 0.416 e. The van der Waals surface area contributed by atoms with Crippen LogP contribution in [0.15, 0.2) is 36.4 Å². The Morgan fingerprint density at radius 2 is 1.51 bits per heavy atom. The monoisotopic (exact) mass is 715 g/mol. The molecule has 2 aromatic carbocycles. The second-order valence-electron chi connectivity index (χ2n) is 15.4. The van der Waals surface area contributed by atoms with Crippen molar-refractivity contribution in [3.8, 4) is 0 Å². The van der Waals surface area contributed by atoms with Crippen LogP contribution < -0.4 is 16.0 Å². The van der Waals surface area contributed by atoms with Gasteiger partial charge >= 0.3 is 6.09 Å². The van der Waals surface area contributed by atoms with E-state index in [0.717, 1.165) is 24.1 Å². The number of aliphatic hydroxyl groups is 1. The normalized spacial score (nSPS) is 28.7. The van der Waals surface area contributed by atoms with Crippen molar-refractivity contribution in [3.63, 3.8) is 0 Å². The Bertz CT molecular complexity index is 1810. The number of carbonyl (C=O) groups is 1. The zero-order valence-electron chi connectivity index (χ0n) is 29.7. The number of aryl methyl sites for hydroxylation is 1. The van der Waals surface area contributed by atoms with Crippen LogP contribution in [-0.4, -0.2) is 63.0 Å². The van der Waals surface area contributed by atoms with Crippen molar-refractivity contribution in [2.45, 2.75) is 121 Å². The molecule has 1 aliphatic heterocycles. The Labute approximate surface area is 294 Å². The number of aliphatic hydroxyl groups excluding tert-OH is 1. The van der Waals surface area contributed by atoms with Crippen LogP contribution in [0.3, 0.4) is 0 Å². The van der Waals surface area contributed by atoms with Crippen LogP contribution in [0.5, 0.6) is 0 Å². The molecule has 276 valence electrons. The molecule has 3 saturated carbocycles. The highest BCUT2D eigenvalue weighted by Gasteiger charge is 2.54. The zero-order chi connectivity index (χ0) is 37.2. The average molecular weight is 716 g/mol. The van der Waals surface area contributed by atoms with E-state index in [-0.39, 0.29) is 29.3 Å². The maximum absolute atomic E-state index is 14.0. The number of nitrogens with zero attached hydrogens (tertiary/aromatic N) is 3. The number of ether oxygens (including phenoxy) is 3. The predicted octanol–water partition coefficient (Wildman–Crippen LogP) is 7.10. The number of carbonyl (C=O) groups excluding carboxylic acids is 1. The van der Waals surface area contributed by atoms with Crippen LogP contribution in [0, 0.1) is 36.1 Å². The molecule has 3 aliphatic carbocycles. The summed E-state index contributed by atoms with van der Waals surface area (Å²) in [7, 11) is 0. The first-order valence-electron chi connectivity index (χ1n) is 17.2. The molecule has 0 bridgehead atoms. The van der Waals surface area contributed by atoms with Crippen molar-refractivity contribution in [2.75, 3.05) is 16.0 Å². The lowest BCUT2D eigenvalue weighted by atomic mass is 10.1. The molecule has 4 aliphatic rings. The van der Waals surface area contributed by atoms with Gasteiger partial charge in [-0.2, -0.15) is 0 Å². The molecule has 7 rings (SSSR count). The number of nitrogens with two attached hydrogens (primary N) is 1. The van der Waals surface area contributed by atoms with Gasteiger partial charge in [-0.25, -0.2) is 32.3 Å². The van der Waals surface area contributed by atoms with E-state index < -0.39 is 65.1 Å². The van der Waals surface area contributed by atoms with Gasteiger partial charge in [0.2, 0.25) is 0 Å². The fourth-order valence-corrected chi connectivity index (χ4v) is 6.92. The molecule has 0 unspecified atom stereocenters. The van der Waals surface area contributed by atoms with Gasteiger partial charge in [0.15, 0.2) is 40.7 Å². The summed E-state index contributed by atoms with van der Waals surface area (Å²) in [5.74, 6) is -2.63. The summed E-state index contributed by atoms with van der Waals surface area (Å²) in [5.41, 5.74) is 7.37. The summed E-state index contributed by atoms with van der Waals surface area (Å²) in [6.07, 6.45) is -0.406. The van der Waals surface area contributed by atoms with Crippen molar-refractivity contribution in [1.82, 2.24) is 9.97 Å². The summed E-state index contributed by atoms with van der Waals surface area (Å²) < 4.78 is 70.3. The number of amides is 1. The highest BCUT2D eigenvalue weighted by Crippen LogP contribution is 2.49. The SMILES string of the molecule is C[C@@H]1C[C@H]1c1ccc(F)c(F)c1.Cc1nc(N[C@@H]2C[C@H](O)[C@H]3OC(C)(C)O[C@H]32)c(N)c(N(C(=O)OC(C)(C)C)[C@@H]2C[C@H]2c2ccc(F)c(F)c2)n1. The van der Waals surface area contributed by atoms with Gasteiger partial charge in [-0.1, -0.05) is 19.1 Å². The van der Waals surface area contributed by atoms with Gasteiger partial charge in [-0.15, -0.1) is 0 Å². The van der Waals surface area contributed by atoms with E-state index >= 15 is 0 Å². The third-order valence-corrected chi connectivity index (χ3v) is 9.55. The molecule has 1 saturated heterocycles. The van der Waals surface area contributed by atoms with Crippen LogP contribution in [0.2, 0.25) is 0 Å². The molecule has 1 amide bonds. The quantitative estimate of drug-likeness (QED) is 0.229. The topological polar surface area (TPSA) is 132 Å². The number of nitrogen functional groups attached to an aromatic ring is 1. The van der Waals surface area contributed by atoms with Gasteiger partial charge < -0.3 is 30.4 Å². The third-order valence-electron chi connectivity index (χ3n) is 9.55. The van der Waals surface area contributed by atoms with Crippen LogP contribution in [0.1, 0.15) is 89.6 Å². The largest absolute Gasteiger partial charge is 0.443 e. The van der Waals surface area contributed by atoms with Crippen molar-refractivity contribution in [3.05, 3.63) is 76.6 Å². The molecule has 0 radical (unpaired) electrons. The van der Waals surface area contributed by atoms with Crippen molar-refractivity contribution in [2.24, 2.45) is 5.92 Å². The van der Waals surface area contributed by atoms with E-state index in [2.05, 4.69) is 22.2 Å². The molecule has 8 atom stereocenters. The van der Waals surface area contributed by atoms with Gasteiger partial charge in [0.05, 0.1) is 12.1 Å². The second kappa shape index (κ2) is 13.5. The van der Waals surface area contributed by atoms with Crippen molar-refractivity contribution in [1.29, 1.82) is 0 Å². The Balaban J connectivity index is 0.000000313. The molecule has 3 aromatic rings. The number of anilines is 3. The number of aromatic nitrogens is 2. The number of benzene rings is 2. The summed E-state index contributed by atoms with van der Waals surface area (Å²) in [5, 5.41) is 13.8. The maximum atomic E-state index is 14.0. The third kappa shape index (κ3) is 8.07. The molecule has 4 N–H and O–H groups in total. The first kappa shape index (κ1) is 36.8. The molecule has 10 nitrogen and oxygen atoms in total. The van der Waals surface area contributed by atoms with Crippen LogP contribution in [0.4, 0.5) is 39.7 Å². The minimum atomic E-state index is -0.954. The fourth-order valence-electron chi connectivity index (χ4n) is 6.92. The van der Waals surface area contributed by atoms with Gasteiger partial charge in [0, 0.05) is 12.0 Å². The number of nitrogens with one attached hydrogen (secondary N) is 1. The average Bonchev–Trinajstić information content (AvgIpc) is 3.92. The second-order valence-corrected chi connectivity index (χ2v) is 15.4. The van der Waals surface area contributed by atoms with Crippen LogP contribution in [0.25, 0.3) is 0 Å². The summed E-state index contributed by atoms with van der Waals surface area (Å²) in [6, 6.07) is 7.10. The number of fused-ring (bicyclic) bond motifs is 1. The number of hydrogen-bond acceptors (Lipinski definition) is 9. The molecule has 0 spiro atoms. The first-order chi connectivity index (χ1) is 23.8. The highest BCUT2D eigenvalue weighted by atomic mass is 19.2. The van der Waals surface area contributed by atoms with Crippen molar-refractivity contribution < 1.29 is 41.7 Å². The molecule has 14 heteroatoms. The number of rotatable bonds is 6. The Hall–Kier alpha value is -4.01. The zero-order valence-corrected chi connectivity index (χ0v) is 29.7. The summed E-state index contributed by atoms with van der Waals surface area (Å²) >= 11 is 0. The van der Waals surface area contributed by atoms with Gasteiger partial charge in [-0.3, -0.25) is 4.90 Å². The van der Waals surface area contributed by atoms with Crippen LogP contribution in [-0.2, 0) is 14.2 Å². The van der Waals surface area contributed by atoms with E-state index in [4.69, 9.17) is 19.9 Å². The standard InChI is InChI=1S/C27H35F2N5O5.C10H10F2/c1-12-31-23(33-17-11-19(35)22-21(17)37-27(5,6)38-22)20(30)24(32-12)34(25(36)39-26(2,3)4)18-10-14(18)13-7-8-15(28)16(29)9-13;1-6-4-8(6)7-2-3-9(11)10(12)5-7/h7-9,14,17-19,21-22,35H,10-11,30H2,1-6H3,(H,31,32,33);2-3,5-6,8H,4H2,1H3/t14-,17+,18+,19-,21-,22+;6-,8-/m01/s1. The van der Waals surface area contributed by atoms with E-state index in [1.54, 1.807) is 47.6 Å². The lowest BCUT2D eigenvalue weighted by molar-refractivity contribution is -0.162. The van der Waals surface area contributed by atoms with E-state index in [9.17, 15) is 27.5 Å². The van der Waals surface area contributed by atoms with E-state index in [1.165, 1.54) is 23.1 Å². The molecular weight excluding hydrogens is 670 g/mol. The Morgan fingerprint density at radius 3 is 2.06 bits per heavy atom. The van der Waals surface area contributed by atoms with Crippen molar-refractivity contribution >= 4 is 23.4 Å². The van der Waals surface area contributed by atoms with E-state index in [1.807, 2.05) is 0 Å². The first-order valence-corrected chi connectivity index (χ1v) is 17.2. The molecule has 1 aromatic heterocycles. The summed E-state index contributed by atoms with van der Waals surface area (Å²) in [6.45, 7) is 12.6. The molecule has 2 heterocycles. The Morgan fingerprint density at radius 1 is 0.941 bits per heavy atom. The van der Waals surface area contributed by atoms with Crippen LogP contribution >= 0.6 is 0 Å². The molecule has 51 heavy (non-hydrogen) atoms. The maximum Gasteiger partial charge on any atom is 0.416 e. The van der Waals surface area contributed by atoms with Gasteiger partial charge in [0.1, 0.15) is 29.3 Å². The Kier molecular flexibility index (Phi) is 9.74. The van der Waals surface area contributed by atoms with Gasteiger partial charge in [0.25, 0.3) is 0 Å². The predicted molar refractivity (Wildman–Crippen MR) is 182 cm³/mol. The number of hydrogen-bond donors (Lipinski definition) is 3. The fraction of sp³-hybridized carbons (Fsp3) is 0.541. The number of halogens is 4. The lowest BCUT2D eigenvalue weighted by Gasteiger charge is -2.29. The summed E-state index contributed by atoms with van der Waals surface area (Å²) in [4.78, 5) is 23.8. The molecule has 4 fully saturated rings. The lowest BCUT2D eigenvalue weighted by Crippen LogP contribution is -2.40. The van der Waals surface area contributed by atoms with Gasteiger partial charge in [-0.05, 0) is 108 Å². The highest BCUT2D eigenvalue weighted by molar-refractivity contribution is 5.94. The molecular formula is C37H45F4N5O5.